The van der Waals surface area contributed by atoms with Crippen LogP contribution in [0.25, 0.3) is 0 Å². The van der Waals surface area contributed by atoms with Gasteiger partial charge in [0.1, 0.15) is 0 Å². The highest BCUT2D eigenvalue weighted by atomic mass is 16.6. The molecule has 3 atom stereocenters. The molecule has 0 aromatic heterocycles. The fourth-order valence-electron chi connectivity index (χ4n) is 2.52. The van der Waals surface area contributed by atoms with Crippen molar-refractivity contribution in [2.75, 3.05) is 0 Å². The largest absolute Gasteiger partial charge is 0.392 e. The zero-order chi connectivity index (χ0) is 10.8. The Bertz CT molecular complexity index is 306. The number of allylic oxidation sites excluding steroid dienone is 1. The Kier molecular flexibility index (Phi) is 2.89. The summed E-state index contributed by atoms with van der Waals surface area (Å²) in [4.78, 5) is 22.9. The molecule has 0 spiro atoms. The number of esters is 2. The van der Waals surface area contributed by atoms with Crippen molar-refractivity contribution in [3.63, 3.8) is 0 Å². The van der Waals surface area contributed by atoms with Crippen LogP contribution in [0, 0.1) is 17.8 Å². The third kappa shape index (κ3) is 1.83. The van der Waals surface area contributed by atoms with Gasteiger partial charge in [-0.25, -0.2) is 0 Å². The summed E-state index contributed by atoms with van der Waals surface area (Å²) in [6.07, 6.45) is 8.01. The van der Waals surface area contributed by atoms with Gasteiger partial charge in [-0.2, -0.15) is 0 Å². The van der Waals surface area contributed by atoms with Crippen LogP contribution in [-0.4, -0.2) is 11.9 Å². The van der Waals surface area contributed by atoms with E-state index in [0.29, 0.717) is 5.92 Å². The van der Waals surface area contributed by atoms with Crippen molar-refractivity contribution in [1.29, 1.82) is 0 Å². The second kappa shape index (κ2) is 4.17. The number of fused-ring (bicyclic) bond motifs is 1. The summed E-state index contributed by atoms with van der Waals surface area (Å²) in [5.41, 5.74) is 0. The van der Waals surface area contributed by atoms with E-state index in [1.54, 1.807) is 0 Å². The highest BCUT2D eigenvalue weighted by Gasteiger charge is 2.47. The SMILES string of the molecule is CCCCC1CC=CC2C(=O)OC(=O)C12. The monoisotopic (exact) mass is 208 g/mol. The van der Waals surface area contributed by atoms with Crippen LogP contribution in [0.2, 0.25) is 0 Å². The standard InChI is InChI=1S/C12H16O3/c1-2-3-5-8-6-4-7-9-10(8)12(14)15-11(9)13/h4,7-10H,2-3,5-6H2,1H3. The molecule has 3 unspecified atom stereocenters. The average Bonchev–Trinajstić information content (AvgIpc) is 2.53. The average molecular weight is 208 g/mol. The van der Waals surface area contributed by atoms with Crippen LogP contribution in [0.4, 0.5) is 0 Å². The minimum Gasteiger partial charge on any atom is -0.392 e. The molecular formula is C12H16O3. The van der Waals surface area contributed by atoms with Gasteiger partial charge >= 0.3 is 11.9 Å². The molecule has 82 valence electrons. The molecule has 0 amide bonds. The van der Waals surface area contributed by atoms with Gasteiger partial charge < -0.3 is 4.74 Å². The lowest BCUT2D eigenvalue weighted by molar-refractivity contribution is -0.153. The fraction of sp³-hybridized carbons (Fsp3) is 0.667. The van der Waals surface area contributed by atoms with Crippen molar-refractivity contribution in [2.45, 2.75) is 32.6 Å². The van der Waals surface area contributed by atoms with E-state index in [-0.39, 0.29) is 23.8 Å². The summed E-state index contributed by atoms with van der Waals surface area (Å²) in [6, 6.07) is 0. The molecular weight excluding hydrogens is 192 g/mol. The van der Waals surface area contributed by atoms with E-state index in [1.807, 2.05) is 12.2 Å². The van der Waals surface area contributed by atoms with Crippen LogP contribution in [0.5, 0.6) is 0 Å². The van der Waals surface area contributed by atoms with E-state index in [4.69, 9.17) is 0 Å². The van der Waals surface area contributed by atoms with Gasteiger partial charge in [0, 0.05) is 0 Å². The van der Waals surface area contributed by atoms with E-state index in [9.17, 15) is 9.59 Å². The van der Waals surface area contributed by atoms with E-state index in [1.165, 1.54) is 0 Å². The molecule has 0 aromatic rings. The number of unbranched alkanes of at least 4 members (excludes halogenated alkanes) is 1. The molecule has 3 heteroatoms. The van der Waals surface area contributed by atoms with Gasteiger partial charge in [0.15, 0.2) is 0 Å². The molecule has 2 rings (SSSR count). The van der Waals surface area contributed by atoms with Crippen LogP contribution in [0.3, 0.4) is 0 Å². The highest BCUT2D eigenvalue weighted by molar-refractivity contribution is 5.97. The molecule has 1 aliphatic heterocycles. The fourth-order valence-corrected chi connectivity index (χ4v) is 2.52. The van der Waals surface area contributed by atoms with Crippen LogP contribution >= 0.6 is 0 Å². The van der Waals surface area contributed by atoms with Crippen molar-refractivity contribution in [2.24, 2.45) is 17.8 Å². The Morgan fingerprint density at radius 3 is 2.93 bits per heavy atom. The maximum Gasteiger partial charge on any atom is 0.321 e. The van der Waals surface area contributed by atoms with Crippen molar-refractivity contribution in [3.8, 4) is 0 Å². The molecule has 0 bridgehead atoms. The first-order valence-electron chi connectivity index (χ1n) is 5.66. The molecule has 1 heterocycles. The first-order valence-corrected chi connectivity index (χ1v) is 5.66. The van der Waals surface area contributed by atoms with Crippen LogP contribution in [0.15, 0.2) is 12.2 Å². The summed E-state index contributed by atoms with van der Waals surface area (Å²) >= 11 is 0. The molecule has 2 aliphatic rings. The second-order valence-electron chi connectivity index (χ2n) is 4.36. The Balaban J connectivity index is 2.11. The summed E-state index contributed by atoms with van der Waals surface area (Å²) in [6.45, 7) is 2.13. The molecule has 1 aliphatic carbocycles. The van der Waals surface area contributed by atoms with E-state index >= 15 is 0 Å². The third-order valence-electron chi connectivity index (χ3n) is 3.35. The van der Waals surface area contributed by atoms with Crippen molar-refractivity contribution >= 4 is 11.9 Å². The lowest BCUT2D eigenvalue weighted by atomic mass is 9.75. The molecule has 0 radical (unpaired) electrons. The zero-order valence-electron chi connectivity index (χ0n) is 8.94. The smallest absolute Gasteiger partial charge is 0.321 e. The lowest BCUT2D eigenvalue weighted by Crippen LogP contribution is -2.27. The van der Waals surface area contributed by atoms with Crippen LogP contribution < -0.4 is 0 Å². The maximum absolute atomic E-state index is 11.5. The summed E-state index contributed by atoms with van der Waals surface area (Å²) in [7, 11) is 0. The third-order valence-corrected chi connectivity index (χ3v) is 3.35. The van der Waals surface area contributed by atoms with Crippen LogP contribution in [0.1, 0.15) is 32.6 Å². The quantitative estimate of drug-likeness (QED) is 0.405. The predicted octanol–water partition coefficient (Wildman–Crippen LogP) is 2.07. The van der Waals surface area contributed by atoms with Crippen molar-refractivity contribution in [3.05, 3.63) is 12.2 Å². The van der Waals surface area contributed by atoms with Gasteiger partial charge in [0.2, 0.25) is 0 Å². The summed E-state index contributed by atoms with van der Waals surface area (Å²) in [5.74, 6) is -0.862. The zero-order valence-corrected chi connectivity index (χ0v) is 8.94. The number of rotatable bonds is 3. The normalized spacial score (nSPS) is 34.1. The molecule has 15 heavy (non-hydrogen) atoms. The maximum atomic E-state index is 11.5. The summed E-state index contributed by atoms with van der Waals surface area (Å²) < 4.78 is 4.69. The predicted molar refractivity (Wildman–Crippen MR) is 54.9 cm³/mol. The number of carbonyl (C=O) groups is 2. The Morgan fingerprint density at radius 1 is 1.40 bits per heavy atom. The van der Waals surface area contributed by atoms with Gasteiger partial charge in [-0.1, -0.05) is 31.9 Å². The van der Waals surface area contributed by atoms with E-state index < -0.39 is 0 Å². The molecule has 0 aromatic carbocycles. The highest BCUT2D eigenvalue weighted by Crippen LogP contribution is 2.39. The van der Waals surface area contributed by atoms with E-state index in [2.05, 4.69) is 11.7 Å². The Labute approximate surface area is 89.5 Å². The van der Waals surface area contributed by atoms with Gasteiger partial charge in [-0.05, 0) is 18.8 Å². The van der Waals surface area contributed by atoms with E-state index in [0.717, 1.165) is 25.7 Å². The Morgan fingerprint density at radius 2 is 2.20 bits per heavy atom. The number of cyclic esters (lactones) is 2. The first kappa shape index (κ1) is 10.4. The second-order valence-corrected chi connectivity index (χ2v) is 4.36. The number of hydrogen-bond acceptors (Lipinski definition) is 3. The van der Waals surface area contributed by atoms with Crippen molar-refractivity contribution in [1.82, 2.24) is 0 Å². The van der Waals surface area contributed by atoms with Gasteiger partial charge in [0.25, 0.3) is 0 Å². The van der Waals surface area contributed by atoms with Gasteiger partial charge in [0.05, 0.1) is 11.8 Å². The first-order chi connectivity index (χ1) is 7.24. The number of ether oxygens (including phenoxy) is 1. The molecule has 0 N–H and O–H groups in total. The molecule has 1 saturated heterocycles. The molecule has 0 saturated carbocycles. The topological polar surface area (TPSA) is 43.4 Å². The van der Waals surface area contributed by atoms with Gasteiger partial charge in [-0.3, -0.25) is 9.59 Å². The van der Waals surface area contributed by atoms with Gasteiger partial charge in [-0.15, -0.1) is 0 Å². The summed E-state index contributed by atoms with van der Waals surface area (Å²) in [5, 5.41) is 0. The van der Waals surface area contributed by atoms with Crippen molar-refractivity contribution < 1.29 is 14.3 Å². The van der Waals surface area contributed by atoms with Crippen LogP contribution in [-0.2, 0) is 14.3 Å². The number of hydrogen-bond donors (Lipinski definition) is 0. The number of carbonyl (C=O) groups excluding carboxylic acids is 2. The lowest BCUT2D eigenvalue weighted by Gasteiger charge is -2.25. The minimum absolute atomic E-state index is 0.200. The molecule has 3 nitrogen and oxygen atoms in total. The Hall–Kier alpha value is -1.12. The minimum atomic E-state index is -0.359. The molecule has 1 fully saturated rings.